The second kappa shape index (κ2) is 9.15. The van der Waals surface area contributed by atoms with Gasteiger partial charge in [-0.3, -0.25) is 4.90 Å². The van der Waals surface area contributed by atoms with Crippen molar-refractivity contribution in [2.45, 2.75) is 39.8 Å². The van der Waals surface area contributed by atoms with Crippen molar-refractivity contribution in [3.63, 3.8) is 0 Å². The molecule has 2 aliphatic heterocycles. The predicted molar refractivity (Wildman–Crippen MR) is 118 cm³/mol. The molecular weight excluding hydrogens is 388 g/mol. The van der Waals surface area contributed by atoms with E-state index in [1.165, 1.54) is 16.8 Å². The molecule has 0 saturated carbocycles. The van der Waals surface area contributed by atoms with Crippen molar-refractivity contribution in [1.29, 1.82) is 5.26 Å². The van der Waals surface area contributed by atoms with E-state index < -0.39 is 0 Å². The number of ether oxygens (including phenoxy) is 1. The van der Waals surface area contributed by atoms with Crippen LogP contribution in [0.5, 0.6) is 0 Å². The molecule has 6 heteroatoms. The normalized spacial score (nSPS) is 14.7. The van der Waals surface area contributed by atoms with Gasteiger partial charge in [-0.05, 0) is 42.3 Å². The SMILES string of the molecule is CC.N#Cc1ccc(-n2ncc3c2CCN(CCc2ccc4c(c2)COC4=O)C3)cc1. The van der Waals surface area contributed by atoms with Gasteiger partial charge in [0, 0.05) is 42.9 Å². The Morgan fingerprint density at radius 3 is 2.71 bits per heavy atom. The first-order valence-electron chi connectivity index (χ1n) is 10.8. The number of carbonyl (C=O) groups excluding carboxylic acids is 1. The average molecular weight is 415 g/mol. The maximum absolute atomic E-state index is 11.6. The summed E-state index contributed by atoms with van der Waals surface area (Å²) in [4.78, 5) is 14.0. The first kappa shape index (κ1) is 20.8. The Bertz CT molecular complexity index is 1130. The van der Waals surface area contributed by atoms with Crippen molar-refractivity contribution < 1.29 is 9.53 Å². The molecule has 0 bridgehead atoms. The fourth-order valence-corrected chi connectivity index (χ4v) is 4.11. The molecule has 6 nitrogen and oxygen atoms in total. The van der Waals surface area contributed by atoms with E-state index in [1.54, 1.807) is 0 Å². The highest BCUT2D eigenvalue weighted by Gasteiger charge is 2.23. The van der Waals surface area contributed by atoms with Crippen LogP contribution in [0.2, 0.25) is 0 Å². The van der Waals surface area contributed by atoms with E-state index in [4.69, 9.17) is 10.00 Å². The summed E-state index contributed by atoms with van der Waals surface area (Å²) in [6.45, 7) is 7.23. The van der Waals surface area contributed by atoms with Crippen LogP contribution in [0.25, 0.3) is 5.69 Å². The summed E-state index contributed by atoms with van der Waals surface area (Å²) in [5.41, 5.74) is 7.09. The van der Waals surface area contributed by atoms with Gasteiger partial charge in [0.25, 0.3) is 0 Å². The molecule has 0 fully saturated rings. The molecule has 0 aliphatic carbocycles. The number of hydrogen-bond acceptors (Lipinski definition) is 5. The molecule has 2 aromatic carbocycles. The third kappa shape index (κ3) is 4.23. The Kier molecular flexibility index (Phi) is 6.15. The van der Waals surface area contributed by atoms with Crippen LogP contribution >= 0.6 is 0 Å². The second-order valence-electron chi connectivity index (χ2n) is 7.53. The molecule has 158 valence electrons. The maximum Gasteiger partial charge on any atom is 0.338 e. The Morgan fingerprint density at radius 1 is 1.13 bits per heavy atom. The maximum atomic E-state index is 11.6. The van der Waals surface area contributed by atoms with Gasteiger partial charge in [0.1, 0.15) is 6.61 Å². The number of carbonyl (C=O) groups is 1. The van der Waals surface area contributed by atoms with E-state index in [1.807, 2.05) is 61.1 Å². The highest BCUT2D eigenvalue weighted by atomic mass is 16.5. The van der Waals surface area contributed by atoms with Gasteiger partial charge in [-0.25, -0.2) is 9.48 Å². The van der Waals surface area contributed by atoms with E-state index in [2.05, 4.69) is 22.1 Å². The first-order chi connectivity index (χ1) is 15.2. The van der Waals surface area contributed by atoms with Gasteiger partial charge in [-0.2, -0.15) is 10.4 Å². The van der Waals surface area contributed by atoms with Crippen molar-refractivity contribution in [2.75, 3.05) is 13.1 Å². The molecule has 31 heavy (non-hydrogen) atoms. The monoisotopic (exact) mass is 414 g/mol. The lowest BCUT2D eigenvalue weighted by Gasteiger charge is -2.27. The van der Waals surface area contributed by atoms with Gasteiger partial charge in [0.05, 0.1) is 29.1 Å². The number of aromatic nitrogens is 2. The molecule has 3 heterocycles. The molecular formula is C25H26N4O2. The second-order valence-corrected chi connectivity index (χ2v) is 7.53. The highest BCUT2D eigenvalue weighted by molar-refractivity contribution is 5.93. The third-order valence-corrected chi connectivity index (χ3v) is 5.72. The van der Waals surface area contributed by atoms with E-state index in [0.29, 0.717) is 17.7 Å². The lowest BCUT2D eigenvalue weighted by Crippen LogP contribution is -2.32. The fraction of sp³-hybridized carbons (Fsp3) is 0.320. The zero-order valence-electron chi connectivity index (χ0n) is 18.0. The van der Waals surface area contributed by atoms with Crippen LogP contribution < -0.4 is 0 Å². The topological polar surface area (TPSA) is 71.2 Å². The smallest absolute Gasteiger partial charge is 0.338 e. The highest BCUT2D eigenvalue weighted by Crippen LogP contribution is 2.24. The van der Waals surface area contributed by atoms with Crippen LogP contribution in [0.4, 0.5) is 0 Å². The van der Waals surface area contributed by atoms with Gasteiger partial charge in [-0.1, -0.05) is 26.0 Å². The van der Waals surface area contributed by atoms with Crippen molar-refractivity contribution >= 4 is 5.97 Å². The lowest BCUT2D eigenvalue weighted by atomic mass is 10.0. The van der Waals surface area contributed by atoms with E-state index in [9.17, 15) is 4.79 Å². The first-order valence-corrected chi connectivity index (χ1v) is 10.8. The zero-order chi connectivity index (χ0) is 21.8. The molecule has 0 saturated heterocycles. The largest absolute Gasteiger partial charge is 0.457 e. The van der Waals surface area contributed by atoms with Crippen LogP contribution in [0.3, 0.4) is 0 Å². The number of cyclic esters (lactones) is 1. The molecule has 0 amide bonds. The predicted octanol–water partition coefficient (Wildman–Crippen LogP) is 4.04. The Morgan fingerprint density at radius 2 is 1.94 bits per heavy atom. The van der Waals surface area contributed by atoms with Gasteiger partial charge in [-0.15, -0.1) is 0 Å². The number of nitrogens with zero attached hydrogens (tertiary/aromatic N) is 4. The van der Waals surface area contributed by atoms with E-state index in [-0.39, 0.29) is 5.97 Å². The molecule has 0 N–H and O–H groups in total. The number of rotatable bonds is 4. The number of hydrogen-bond donors (Lipinski definition) is 0. The molecule has 0 radical (unpaired) electrons. The van der Waals surface area contributed by atoms with E-state index >= 15 is 0 Å². The molecule has 1 aromatic heterocycles. The molecule has 0 spiro atoms. The van der Waals surface area contributed by atoms with Crippen LogP contribution in [0.15, 0.2) is 48.7 Å². The fourth-order valence-electron chi connectivity index (χ4n) is 4.11. The number of benzene rings is 2. The summed E-state index contributed by atoms with van der Waals surface area (Å²) in [5, 5.41) is 13.6. The standard InChI is InChI=1S/C23H20N4O2.C2H6/c24-12-17-1-4-20(5-2-17)27-22-8-10-26(14-19(22)13-25-27)9-7-16-3-6-21-18(11-16)15-29-23(21)28;1-2/h1-6,11,13H,7-10,14-15H2;1-2H3. The minimum absolute atomic E-state index is 0.214. The average Bonchev–Trinajstić information content (AvgIpc) is 3.42. The van der Waals surface area contributed by atoms with Crippen molar-refractivity contribution in [3.8, 4) is 11.8 Å². The number of esters is 1. The van der Waals surface area contributed by atoms with Gasteiger partial charge in [0.15, 0.2) is 0 Å². The summed E-state index contributed by atoms with van der Waals surface area (Å²) in [5.74, 6) is -0.214. The summed E-state index contributed by atoms with van der Waals surface area (Å²) in [7, 11) is 0. The molecule has 0 unspecified atom stereocenters. The van der Waals surface area contributed by atoms with Crippen LogP contribution in [0.1, 0.15) is 52.2 Å². The summed E-state index contributed by atoms with van der Waals surface area (Å²) in [6, 6.07) is 15.7. The summed E-state index contributed by atoms with van der Waals surface area (Å²) >= 11 is 0. The van der Waals surface area contributed by atoms with Gasteiger partial charge in [0.2, 0.25) is 0 Å². The van der Waals surface area contributed by atoms with Crippen molar-refractivity contribution in [3.05, 3.63) is 82.2 Å². The van der Waals surface area contributed by atoms with Crippen molar-refractivity contribution in [2.24, 2.45) is 0 Å². The van der Waals surface area contributed by atoms with Crippen LogP contribution in [0, 0.1) is 11.3 Å². The lowest BCUT2D eigenvalue weighted by molar-refractivity contribution is 0.0535. The van der Waals surface area contributed by atoms with Crippen LogP contribution in [-0.4, -0.2) is 33.7 Å². The Labute approximate surface area is 182 Å². The van der Waals surface area contributed by atoms with Gasteiger partial charge < -0.3 is 4.74 Å². The zero-order valence-corrected chi connectivity index (χ0v) is 18.0. The minimum Gasteiger partial charge on any atom is -0.457 e. The molecule has 0 atom stereocenters. The van der Waals surface area contributed by atoms with E-state index in [0.717, 1.165) is 43.7 Å². The summed E-state index contributed by atoms with van der Waals surface area (Å²) < 4.78 is 7.08. The number of fused-ring (bicyclic) bond motifs is 2. The minimum atomic E-state index is -0.214. The molecule has 2 aliphatic rings. The van der Waals surface area contributed by atoms with Crippen LogP contribution in [-0.2, 0) is 30.7 Å². The third-order valence-electron chi connectivity index (χ3n) is 5.72. The number of nitriles is 1. The molecule has 3 aromatic rings. The summed E-state index contributed by atoms with van der Waals surface area (Å²) in [6.07, 6.45) is 3.85. The van der Waals surface area contributed by atoms with Gasteiger partial charge >= 0.3 is 5.97 Å². The van der Waals surface area contributed by atoms with Crippen molar-refractivity contribution in [1.82, 2.24) is 14.7 Å². The Balaban J connectivity index is 0.00000112. The molecule has 5 rings (SSSR count). The quantitative estimate of drug-likeness (QED) is 0.603. The Hall–Kier alpha value is -3.43.